The molecule has 0 aliphatic carbocycles. The van der Waals surface area contributed by atoms with Gasteiger partial charge in [0.05, 0.1) is 60.8 Å². The highest BCUT2D eigenvalue weighted by Gasteiger charge is 2.45. The number of aromatic nitrogens is 3. The van der Waals surface area contributed by atoms with Gasteiger partial charge in [-0.2, -0.15) is 0 Å². The van der Waals surface area contributed by atoms with Gasteiger partial charge in [0.2, 0.25) is 5.91 Å². The van der Waals surface area contributed by atoms with E-state index in [2.05, 4.69) is 29.0 Å². The summed E-state index contributed by atoms with van der Waals surface area (Å²) in [6.45, 7) is 10.6. The third-order valence-corrected chi connectivity index (χ3v) is 9.99. The van der Waals surface area contributed by atoms with Crippen molar-refractivity contribution in [2.24, 2.45) is 17.3 Å². The molecule has 0 bridgehead atoms. The lowest BCUT2D eigenvalue weighted by molar-refractivity contribution is -0.116. The van der Waals surface area contributed by atoms with E-state index >= 15 is 0 Å². The maximum Gasteiger partial charge on any atom is 0.243 e. The van der Waals surface area contributed by atoms with Crippen molar-refractivity contribution in [2.75, 3.05) is 70.5 Å². The van der Waals surface area contributed by atoms with Crippen LogP contribution in [0.5, 0.6) is 11.5 Å². The van der Waals surface area contributed by atoms with E-state index in [-0.39, 0.29) is 29.2 Å². The summed E-state index contributed by atoms with van der Waals surface area (Å²) < 4.78 is 22.5. The van der Waals surface area contributed by atoms with Crippen LogP contribution in [0.15, 0.2) is 31.0 Å². The Bertz CT molecular complexity index is 1560. The highest BCUT2D eigenvalue weighted by atomic mass is 35.5. The molecule has 3 fully saturated rings. The molecule has 3 aliphatic heterocycles. The minimum Gasteiger partial charge on any atom is -0.495 e. The van der Waals surface area contributed by atoms with Crippen molar-refractivity contribution in [2.45, 2.75) is 25.8 Å². The van der Waals surface area contributed by atoms with Crippen LogP contribution in [0.4, 0.5) is 11.6 Å². The summed E-state index contributed by atoms with van der Waals surface area (Å²) >= 11 is 13.6. The average molecular weight is 658 g/mol. The molecule has 3 aromatic rings. The van der Waals surface area contributed by atoms with Gasteiger partial charge in [-0.1, -0.05) is 36.7 Å². The van der Waals surface area contributed by atoms with Gasteiger partial charge in [-0.25, -0.2) is 15.0 Å². The highest BCUT2D eigenvalue weighted by molar-refractivity contribution is 6.41. The molecule has 6 rings (SSSR count). The Kier molecular flexibility index (Phi) is 9.24. The molecule has 2 N–H and O–H groups in total. The van der Waals surface area contributed by atoms with Crippen molar-refractivity contribution in [1.82, 2.24) is 20.3 Å². The fourth-order valence-corrected chi connectivity index (χ4v) is 7.19. The molecule has 5 heterocycles. The Balaban J connectivity index is 1.36. The summed E-state index contributed by atoms with van der Waals surface area (Å²) in [7, 11) is 3.07. The summed E-state index contributed by atoms with van der Waals surface area (Å²) in [5, 5.41) is 7.94. The van der Waals surface area contributed by atoms with Crippen LogP contribution in [0.1, 0.15) is 19.8 Å². The molecule has 13 heteroatoms. The minimum absolute atomic E-state index is 0.0191. The Morgan fingerprint density at radius 2 is 1.84 bits per heavy atom. The van der Waals surface area contributed by atoms with E-state index < -0.39 is 0 Å². The number of nitrogens with zero attached hydrogens (tertiary/aromatic N) is 4. The van der Waals surface area contributed by atoms with E-state index in [4.69, 9.17) is 57.1 Å². The van der Waals surface area contributed by atoms with Gasteiger partial charge < -0.3 is 34.5 Å². The van der Waals surface area contributed by atoms with Gasteiger partial charge in [-0.05, 0) is 30.9 Å². The lowest BCUT2D eigenvalue weighted by Gasteiger charge is -2.53. The fourth-order valence-electron chi connectivity index (χ4n) is 6.52. The van der Waals surface area contributed by atoms with Gasteiger partial charge >= 0.3 is 0 Å². The molecule has 45 heavy (non-hydrogen) atoms. The zero-order valence-electron chi connectivity index (χ0n) is 25.7. The van der Waals surface area contributed by atoms with Crippen molar-refractivity contribution in [3.63, 3.8) is 0 Å². The Morgan fingerprint density at radius 1 is 1.13 bits per heavy atom. The Hall–Kier alpha value is -3.38. The van der Waals surface area contributed by atoms with E-state index in [0.29, 0.717) is 64.0 Å². The van der Waals surface area contributed by atoms with E-state index in [0.717, 1.165) is 50.3 Å². The number of rotatable bonds is 10. The van der Waals surface area contributed by atoms with E-state index in [1.807, 2.05) is 6.07 Å². The standard InChI is InChI=1S/C32H38Cl2N6O5/c1-5-26(41)36-12-18(2)20-14-45-15-22(20)37-25-10-19-21(13-35-25)38-30(27-28(33)23(42-3)11-24(43-4)29(27)34)39-31(19)40-16-32(17-40)6-8-44-9-7-32/h5,10-11,13,18,20,22H,1,6-9,12,14-17H2,2-4H3,(H,35,37)(H,36,41)/t18-,20?,22-/m1/s1. The molecule has 3 saturated heterocycles. The number of carbonyl (C=O) groups is 1. The third kappa shape index (κ3) is 6.23. The predicted molar refractivity (Wildman–Crippen MR) is 175 cm³/mol. The molecule has 1 aromatic carbocycles. The molecule has 1 amide bonds. The van der Waals surface area contributed by atoms with Crippen molar-refractivity contribution in [3.8, 4) is 22.9 Å². The third-order valence-electron chi connectivity index (χ3n) is 9.24. The van der Waals surface area contributed by atoms with Crippen molar-refractivity contribution >= 4 is 51.6 Å². The van der Waals surface area contributed by atoms with Gasteiger partial charge in [0, 0.05) is 55.6 Å². The van der Waals surface area contributed by atoms with Gasteiger partial charge in [-0.3, -0.25) is 4.79 Å². The number of nitrogens with one attached hydrogen (secondary N) is 2. The largest absolute Gasteiger partial charge is 0.495 e. The summed E-state index contributed by atoms with van der Waals surface area (Å²) in [6.07, 6.45) is 5.07. The minimum atomic E-state index is -0.183. The van der Waals surface area contributed by atoms with Crippen LogP contribution in [0.2, 0.25) is 10.0 Å². The van der Waals surface area contributed by atoms with Crippen LogP contribution in [-0.2, 0) is 14.3 Å². The number of amides is 1. The summed E-state index contributed by atoms with van der Waals surface area (Å²) in [5.41, 5.74) is 1.30. The number of anilines is 2. The van der Waals surface area contributed by atoms with Crippen LogP contribution in [-0.4, -0.2) is 87.2 Å². The number of benzene rings is 1. The monoisotopic (exact) mass is 656 g/mol. The highest BCUT2D eigenvalue weighted by Crippen LogP contribution is 2.47. The van der Waals surface area contributed by atoms with E-state index in [9.17, 15) is 4.79 Å². The summed E-state index contributed by atoms with van der Waals surface area (Å²) in [4.78, 5) is 28.7. The van der Waals surface area contributed by atoms with Gasteiger partial charge in [-0.15, -0.1) is 0 Å². The lowest BCUT2D eigenvalue weighted by atomic mass is 9.73. The zero-order chi connectivity index (χ0) is 31.7. The van der Waals surface area contributed by atoms with Crippen LogP contribution in [0.3, 0.4) is 0 Å². The number of carbonyl (C=O) groups excluding carboxylic acids is 1. The molecular weight excluding hydrogens is 619 g/mol. The number of pyridine rings is 1. The van der Waals surface area contributed by atoms with E-state index in [1.54, 1.807) is 12.3 Å². The number of fused-ring (bicyclic) bond motifs is 1. The number of ether oxygens (including phenoxy) is 4. The molecule has 1 spiro atoms. The second-order valence-corrected chi connectivity index (χ2v) is 12.8. The van der Waals surface area contributed by atoms with Gasteiger partial charge in [0.1, 0.15) is 23.1 Å². The quantitative estimate of drug-likeness (QED) is 0.289. The first-order valence-electron chi connectivity index (χ1n) is 15.1. The Morgan fingerprint density at radius 3 is 2.51 bits per heavy atom. The summed E-state index contributed by atoms with van der Waals surface area (Å²) in [6, 6.07) is 3.66. The maximum atomic E-state index is 11.7. The number of hydrogen-bond acceptors (Lipinski definition) is 10. The number of hydrogen-bond donors (Lipinski definition) is 2. The first kappa shape index (κ1) is 31.6. The first-order valence-corrected chi connectivity index (χ1v) is 15.9. The second-order valence-electron chi connectivity index (χ2n) is 12.1. The average Bonchev–Trinajstić information content (AvgIpc) is 3.50. The molecular formula is C32H38Cl2N6O5. The molecule has 240 valence electrons. The maximum absolute atomic E-state index is 11.7. The lowest BCUT2D eigenvalue weighted by Crippen LogP contribution is -2.59. The van der Waals surface area contributed by atoms with E-state index in [1.165, 1.54) is 20.3 Å². The SMILES string of the molecule is C=CC(=O)NC[C@@H](C)C1COC[C@H]1Nc1cc2c(N3CC4(CCOCC4)C3)nc(-c3c(Cl)c(OC)cc(OC)c3Cl)nc2cn1. The molecule has 2 aromatic heterocycles. The van der Waals surface area contributed by atoms with Crippen LogP contribution < -0.4 is 25.0 Å². The molecule has 3 atom stereocenters. The van der Waals surface area contributed by atoms with Crippen molar-refractivity contribution in [1.29, 1.82) is 0 Å². The second kappa shape index (κ2) is 13.2. The Labute approximate surface area is 272 Å². The molecule has 0 saturated carbocycles. The fraction of sp³-hybridized carbons (Fsp3) is 0.500. The molecule has 11 nitrogen and oxygen atoms in total. The predicted octanol–water partition coefficient (Wildman–Crippen LogP) is 5.00. The number of halogens is 2. The molecule has 1 unspecified atom stereocenters. The van der Waals surface area contributed by atoms with Crippen LogP contribution in [0.25, 0.3) is 22.3 Å². The van der Waals surface area contributed by atoms with Crippen molar-refractivity contribution < 1.29 is 23.7 Å². The van der Waals surface area contributed by atoms with Crippen LogP contribution >= 0.6 is 23.2 Å². The number of methoxy groups -OCH3 is 2. The normalized spacial score (nSPS) is 21.3. The molecule has 3 aliphatic rings. The van der Waals surface area contributed by atoms with Crippen LogP contribution in [0, 0.1) is 17.3 Å². The zero-order valence-corrected chi connectivity index (χ0v) is 27.2. The van der Waals surface area contributed by atoms with Crippen molar-refractivity contribution in [3.05, 3.63) is 41.0 Å². The summed E-state index contributed by atoms with van der Waals surface area (Å²) in [5.74, 6) is 2.84. The first-order chi connectivity index (χ1) is 21.8. The topological polar surface area (TPSA) is 120 Å². The van der Waals surface area contributed by atoms with Gasteiger partial charge in [0.25, 0.3) is 0 Å². The van der Waals surface area contributed by atoms with Gasteiger partial charge in [0.15, 0.2) is 5.82 Å². The smallest absolute Gasteiger partial charge is 0.243 e. The molecule has 0 radical (unpaired) electrons.